The topological polar surface area (TPSA) is 45.1 Å². The van der Waals surface area contributed by atoms with E-state index in [0.29, 0.717) is 6.61 Å². The van der Waals surface area contributed by atoms with Gasteiger partial charge >= 0.3 is 0 Å². The lowest BCUT2D eigenvalue weighted by atomic mass is 9.88. The predicted molar refractivity (Wildman–Crippen MR) is 49.3 cm³/mol. The first-order valence-electron chi connectivity index (χ1n) is 4.76. The van der Waals surface area contributed by atoms with Crippen molar-refractivity contribution in [3.63, 3.8) is 0 Å². The van der Waals surface area contributed by atoms with Gasteiger partial charge in [-0.15, -0.1) is 0 Å². The molecule has 13 heavy (non-hydrogen) atoms. The molecule has 0 bridgehead atoms. The van der Waals surface area contributed by atoms with Gasteiger partial charge in [0.15, 0.2) is 0 Å². The largest absolute Gasteiger partial charge is 0.411 e. The third-order valence-electron chi connectivity index (χ3n) is 3.11. The lowest BCUT2D eigenvalue weighted by Crippen LogP contribution is -2.42. The van der Waals surface area contributed by atoms with E-state index >= 15 is 0 Å². The Bertz CT molecular complexity index is 220. The molecular weight excluding hydrogens is 168 g/mol. The number of likely N-dealkylation sites (tertiary alicyclic amines) is 1. The van der Waals surface area contributed by atoms with Crippen LogP contribution in [0.1, 0.15) is 19.3 Å². The normalized spacial score (nSPS) is 31.6. The highest BCUT2D eigenvalue weighted by molar-refractivity contribution is 5.87. The van der Waals surface area contributed by atoms with Crippen LogP contribution in [0.4, 0.5) is 0 Å². The van der Waals surface area contributed by atoms with Gasteiger partial charge in [-0.05, 0) is 19.9 Å². The van der Waals surface area contributed by atoms with Crippen molar-refractivity contribution in [3.05, 3.63) is 0 Å². The molecule has 2 fully saturated rings. The molecule has 0 amide bonds. The van der Waals surface area contributed by atoms with Crippen molar-refractivity contribution >= 4 is 5.71 Å². The van der Waals surface area contributed by atoms with Gasteiger partial charge in [0.2, 0.25) is 0 Å². The van der Waals surface area contributed by atoms with Crippen LogP contribution in [0.15, 0.2) is 5.16 Å². The summed E-state index contributed by atoms with van der Waals surface area (Å²) in [4.78, 5) is 2.31. The summed E-state index contributed by atoms with van der Waals surface area (Å²) in [6, 6.07) is 0. The highest BCUT2D eigenvalue weighted by Crippen LogP contribution is 2.34. The molecule has 2 rings (SSSR count). The third-order valence-corrected chi connectivity index (χ3v) is 3.11. The maximum Gasteiger partial charge on any atom is 0.0890 e. The van der Waals surface area contributed by atoms with Gasteiger partial charge in [0.05, 0.1) is 17.9 Å². The zero-order valence-corrected chi connectivity index (χ0v) is 7.99. The molecule has 0 aromatic heterocycles. The first kappa shape index (κ1) is 8.97. The smallest absolute Gasteiger partial charge is 0.0890 e. The summed E-state index contributed by atoms with van der Waals surface area (Å²) in [7, 11) is 2.13. The maximum atomic E-state index is 8.63. The molecule has 2 aliphatic heterocycles. The highest BCUT2D eigenvalue weighted by Gasteiger charge is 2.40. The Morgan fingerprint density at radius 1 is 1.46 bits per heavy atom. The van der Waals surface area contributed by atoms with Gasteiger partial charge in [0, 0.05) is 19.5 Å². The summed E-state index contributed by atoms with van der Waals surface area (Å²) in [5.74, 6) is 0. The Kier molecular flexibility index (Phi) is 2.26. The van der Waals surface area contributed by atoms with Crippen LogP contribution in [0.5, 0.6) is 0 Å². The molecule has 2 heterocycles. The van der Waals surface area contributed by atoms with E-state index < -0.39 is 0 Å². The Labute approximate surface area is 78.2 Å². The summed E-state index contributed by atoms with van der Waals surface area (Å²) in [5, 5.41) is 11.9. The number of piperidine rings is 1. The van der Waals surface area contributed by atoms with Crippen LogP contribution in [0, 0.1) is 0 Å². The first-order valence-corrected chi connectivity index (χ1v) is 4.76. The number of nitrogens with zero attached hydrogens (tertiary/aromatic N) is 2. The van der Waals surface area contributed by atoms with Gasteiger partial charge in [-0.2, -0.15) is 0 Å². The fraction of sp³-hybridized carbons (Fsp3) is 0.889. The SMILES string of the molecule is CN1CCC2(CC1)C/C(=N\O)CO2. The molecule has 4 heteroatoms. The lowest BCUT2D eigenvalue weighted by molar-refractivity contribution is -0.0386. The van der Waals surface area contributed by atoms with Crippen molar-refractivity contribution in [2.75, 3.05) is 26.7 Å². The molecule has 1 N–H and O–H groups in total. The van der Waals surface area contributed by atoms with E-state index in [2.05, 4.69) is 17.1 Å². The van der Waals surface area contributed by atoms with E-state index in [1.165, 1.54) is 0 Å². The van der Waals surface area contributed by atoms with Crippen LogP contribution in [-0.4, -0.2) is 48.2 Å². The quantitative estimate of drug-likeness (QED) is 0.445. The summed E-state index contributed by atoms with van der Waals surface area (Å²) in [6.07, 6.45) is 2.93. The number of hydrogen-bond acceptors (Lipinski definition) is 4. The van der Waals surface area contributed by atoms with E-state index in [-0.39, 0.29) is 5.60 Å². The van der Waals surface area contributed by atoms with Crippen molar-refractivity contribution < 1.29 is 9.94 Å². The Balaban J connectivity index is 1.99. The molecule has 0 aromatic rings. The highest BCUT2D eigenvalue weighted by atomic mass is 16.5. The molecule has 0 atom stereocenters. The average Bonchev–Trinajstić information content (AvgIpc) is 2.55. The second-order valence-electron chi connectivity index (χ2n) is 4.12. The predicted octanol–water partition coefficient (Wildman–Crippen LogP) is 0.701. The van der Waals surface area contributed by atoms with Crippen LogP contribution in [-0.2, 0) is 4.74 Å². The summed E-state index contributed by atoms with van der Waals surface area (Å²) >= 11 is 0. The second-order valence-corrected chi connectivity index (χ2v) is 4.12. The summed E-state index contributed by atoms with van der Waals surface area (Å²) in [5.41, 5.74) is 0.790. The van der Waals surface area contributed by atoms with Crippen LogP contribution in [0.3, 0.4) is 0 Å². The third kappa shape index (κ3) is 1.69. The second kappa shape index (κ2) is 3.27. The first-order chi connectivity index (χ1) is 6.24. The van der Waals surface area contributed by atoms with Gasteiger partial charge in [-0.3, -0.25) is 0 Å². The van der Waals surface area contributed by atoms with Gasteiger partial charge in [0.1, 0.15) is 0 Å². The van der Waals surface area contributed by atoms with Gasteiger partial charge in [0.25, 0.3) is 0 Å². The molecule has 0 saturated carbocycles. The van der Waals surface area contributed by atoms with Crippen LogP contribution >= 0.6 is 0 Å². The lowest BCUT2D eigenvalue weighted by Gasteiger charge is -2.36. The molecule has 2 saturated heterocycles. The number of ether oxygens (including phenoxy) is 1. The minimum absolute atomic E-state index is 0.00588. The Morgan fingerprint density at radius 2 is 2.15 bits per heavy atom. The zero-order chi connectivity index (χ0) is 9.31. The average molecular weight is 184 g/mol. The summed E-state index contributed by atoms with van der Waals surface area (Å²) in [6.45, 7) is 2.68. The van der Waals surface area contributed by atoms with E-state index in [0.717, 1.165) is 38.1 Å². The number of oxime groups is 1. The van der Waals surface area contributed by atoms with Crippen LogP contribution in [0.25, 0.3) is 0 Å². The molecule has 74 valence electrons. The molecule has 0 aliphatic carbocycles. The monoisotopic (exact) mass is 184 g/mol. The van der Waals surface area contributed by atoms with Crippen LogP contribution < -0.4 is 0 Å². The summed E-state index contributed by atoms with van der Waals surface area (Å²) < 4.78 is 5.72. The fourth-order valence-corrected chi connectivity index (χ4v) is 2.12. The number of hydrogen-bond donors (Lipinski definition) is 1. The van der Waals surface area contributed by atoms with E-state index in [4.69, 9.17) is 9.94 Å². The Hall–Kier alpha value is -0.610. The van der Waals surface area contributed by atoms with Gasteiger partial charge in [-0.1, -0.05) is 5.16 Å². The van der Waals surface area contributed by atoms with Crippen molar-refractivity contribution in [1.29, 1.82) is 0 Å². The fourth-order valence-electron chi connectivity index (χ4n) is 2.12. The minimum Gasteiger partial charge on any atom is -0.411 e. The molecule has 4 nitrogen and oxygen atoms in total. The standard InChI is InChI=1S/C9H16N2O2/c1-11-4-2-9(3-5-11)6-8(10-12)7-13-9/h12H,2-7H2,1H3/b10-8+. The van der Waals surface area contributed by atoms with E-state index in [9.17, 15) is 0 Å². The van der Waals surface area contributed by atoms with Gasteiger partial charge < -0.3 is 14.8 Å². The minimum atomic E-state index is -0.00588. The van der Waals surface area contributed by atoms with Crippen LogP contribution in [0.2, 0.25) is 0 Å². The van der Waals surface area contributed by atoms with E-state index in [1.54, 1.807) is 0 Å². The zero-order valence-electron chi connectivity index (χ0n) is 7.99. The molecule has 0 unspecified atom stereocenters. The van der Waals surface area contributed by atoms with Crippen molar-refractivity contribution in [1.82, 2.24) is 4.90 Å². The van der Waals surface area contributed by atoms with Crippen molar-refractivity contribution in [2.24, 2.45) is 5.16 Å². The molecule has 0 aromatic carbocycles. The van der Waals surface area contributed by atoms with Crippen molar-refractivity contribution in [2.45, 2.75) is 24.9 Å². The number of rotatable bonds is 0. The molecule has 1 spiro atoms. The molecule has 0 radical (unpaired) electrons. The maximum absolute atomic E-state index is 8.63. The van der Waals surface area contributed by atoms with Gasteiger partial charge in [-0.25, -0.2) is 0 Å². The van der Waals surface area contributed by atoms with Crippen molar-refractivity contribution in [3.8, 4) is 0 Å². The van der Waals surface area contributed by atoms with E-state index in [1.807, 2.05) is 0 Å². The Morgan fingerprint density at radius 3 is 2.69 bits per heavy atom. The molecule has 2 aliphatic rings. The molecular formula is C9H16N2O2.